The number of Topliss-reactive ketones (excluding diaryl/α,β-unsaturated/α-hetero) is 1. The Hall–Kier alpha value is -0.990. The second kappa shape index (κ2) is 5.56. The molecule has 0 unspecified atom stereocenters. The van der Waals surface area contributed by atoms with E-state index in [1.165, 1.54) is 6.92 Å². The normalized spacial score (nSPS) is 14.7. The average Bonchev–Trinajstić information content (AvgIpc) is 2.37. The quantitative estimate of drug-likeness (QED) is 0.343. The molecule has 0 saturated heterocycles. The first kappa shape index (κ1) is 16.1. The van der Waals surface area contributed by atoms with E-state index < -0.39 is 23.7 Å². The number of rotatable bonds is 5. The van der Waals surface area contributed by atoms with Gasteiger partial charge in [-0.2, -0.15) is 0 Å². The topological polar surface area (TPSA) is 94.3 Å². The predicted octanol–water partition coefficient (Wildman–Crippen LogP) is 2.50. The van der Waals surface area contributed by atoms with Crippen LogP contribution >= 0.6 is 27.5 Å². The van der Waals surface area contributed by atoms with Crippen molar-refractivity contribution in [3.8, 4) is 0 Å². The molecule has 0 aromatic heterocycles. The van der Waals surface area contributed by atoms with Crippen molar-refractivity contribution >= 4 is 48.8 Å². The van der Waals surface area contributed by atoms with E-state index in [9.17, 15) is 23.3 Å². The van der Waals surface area contributed by atoms with E-state index >= 15 is 0 Å². The van der Waals surface area contributed by atoms with E-state index in [1.54, 1.807) is 0 Å². The van der Waals surface area contributed by atoms with Crippen LogP contribution in [0.4, 0.5) is 5.69 Å². The van der Waals surface area contributed by atoms with Crippen molar-refractivity contribution in [1.82, 2.24) is 0 Å². The predicted molar refractivity (Wildman–Crippen MR) is 74.4 cm³/mol. The molecule has 1 aromatic carbocycles. The molecule has 0 amide bonds. The van der Waals surface area contributed by atoms with Crippen LogP contribution in [-0.2, 0) is 9.84 Å². The van der Waals surface area contributed by atoms with Gasteiger partial charge >= 0.3 is 0 Å². The lowest BCUT2D eigenvalue weighted by Crippen LogP contribution is -2.36. The highest BCUT2D eigenvalue weighted by molar-refractivity contribution is 9.12. The van der Waals surface area contributed by atoms with E-state index in [1.807, 2.05) is 0 Å². The van der Waals surface area contributed by atoms with Crippen LogP contribution in [0.2, 0.25) is 0 Å². The number of nitrogens with zero attached hydrogens (tertiary/aromatic N) is 1. The summed E-state index contributed by atoms with van der Waals surface area (Å²) in [4.78, 5) is 21.9. The van der Waals surface area contributed by atoms with Crippen LogP contribution < -0.4 is 0 Å². The molecule has 0 bridgehead atoms. The third-order valence-electron chi connectivity index (χ3n) is 2.38. The maximum atomic E-state index is 12.0. The molecular formula is C10H9BrClNO5S. The molecule has 0 spiro atoms. The van der Waals surface area contributed by atoms with E-state index in [2.05, 4.69) is 15.9 Å². The number of nitro benzene ring substituents is 1. The minimum absolute atomic E-state index is 0.0329. The van der Waals surface area contributed by atoms with Gasteiger partial charge in [0.15, 0.2) is 9.84 Å². The number of carbonyl (C=O) groups excluding carboxylic acids is 1. The molecule has 0 heterocycles. The minimum Gasteiger partial charge on any atom is -0.290 e. The molecule has 0 aliphatic rings. The molecule has 0 saturated carbocycles. The van der Waals surface area contributed by atoms with Crippen molar-refractivity contribution in [2.75, 3.05) is 5.75 Å². The van der Waals surface area contributed by atoms with Gasteiger partial charge < -0.3 is 0 Å². The highest BCUT2D eigenvalue weighted by Crippen LogP contribution is 2.35. The highest BCUT2D eigenvalue weighted by atomic mass is 79.9. The van der Waals surface area contributed by atoms with Gasteiger partial charge in [0, 0.05) is 17.7 Å². The molecule has 6 nitrogen and oxygen atoms in total. The Morgan fingerprint density at radius 2 is 1.89 bits per heavy atom. The maximum absolute atomic E-state index is 12.0. The van der Waals surface area contributed by atoms with Crippen LogP contribution in [-0.4, -0.2) is 28.0 Å². The van der Waals surface area contributed by atoms with Gasteiger partial charge in [-0.25, -0.2) is 8.42 Å². The summed E-state index contributed by atoms with van der Waals surface area (Å²) in [5, 5.41) is 10.5. The third kappa shape index (κ3) is 3.13. The summed E-state index contributed by atoms with van der Waals surface area (Å²) >= 11 is 8.47. The molecule has 1 atom stereocenters. The van der Waals surface area contributed by atoms with E-state index in [4.69, 9.17) is 11.6 Å². The Kier molecular flexibility index (Phi) is 4.70. The number of benzene rings is 1. The summed E-state index contributed by atoms with van der Waals surface area (Å²) in [6.07, 6.45) is 0. The van der Waals surface area contributed by atoms with Gasteiger partial charge in [-0.1, -0.05) is 18.5 Å². The average molecular weight is 371 g/mol. The highest BCUT2D eigenvalue weighted by Gasteiger charge is 2.45. The van der Waals surface area contributed by atoms with Gasteiger partial charge in [0.25, 0.3) is 8.80 Å². The van der Waals surface area contributed by atoms with Gasteiger partial charge in [-0.3, -0.25) is 14.9 Å². The van der Waals surface area contributed by atoms with Crippen LogP contribution in [0.15, 0.2) is 24.3 Å². The second-order valence-electron chi connectivity index (χ2n) is 3.55. The second-order valence-corrected chi connectivity index (χ2v) is 8.93. The van der Waals surface area contributed by atoms with Crippen molar-refractivity contribution in [2.24, 2.45) is 0 Å². The lowest BCUT2D eigenvalue weighted by atomic mass is 10.1. The molecule has 104 valence electrons. The Bertz CT molecular complexity index is 611. The molecule has 1 aromatic rings. The molecule has 0 radical (unpaired) electrons. The molecule has 1 rings (SSSR count). The zero-order valence-corrected chi connectivity index (χ0v) is 12.8. The molecule has 9 heteroatoms. The van der Waals surface area contributed by atoms with Gasteiger partial charge in [-0.15, -0.1) is 0 Å². The summed E-state index contributed by atoms with van der Waals surface area (Å²) in [6.45, 7) is 1.36. The lowest BCUT2D eigenvalue weighted by molar-refractivity contribution is -0.384. The van der Waals surface area contributed by atoms with E-state index in [0.29, 0.717) is 0 Å². The Balaban J connectivity index is 3.17. The Morgan fingerprint density at radius 3 is 2.26 bits per heavy atom. The number of sulfone groups is 1. The number of halogens is 2. The number of non-ortho nitro benzene ring substituents is 1. The number of alkyl halides is 2. The van der Waals surface area contributed by atoms with Crippen molar-refractivity contribution in [1.29, 1.82) is 0 Å². The van der Waals surface area contributed by atoms with Crippen molar-refractivity contribution in [2.45, 2.75) is 10.0 Å². The number of hydrogen-bond acceptors (Lipinski definition) is 5. The monoisotopic (exact) mass is 369 g/mol. The SMILES string of the molecule is CCS(=O)(=O)[C@@](Cl)(Br)C(=O)c1ccc([N+](=O)[O-])cc1. The largest absolute Gasteiger partial charge is 0.290 e. The zero-order chi connectivity index (χ0) is 14.8. The van der Waals surface area contributed by atoms with Crippen LogP contribution in [0, 0.1) is 10.1 Å². The molecule has 0 aliphatic carbocycles. The minimum atomic E-state index is -3.87. The van der Waals surface area contributed by atoms with Crippen LogP contribution in [0.5, 0.6) is 0 Å². The first-order chi connectivity index (χ1) is 8.63. The molecular weight excluding hydrogens is 362 g/mol. The lowest BCUT2D eigenvalue weighted by Gasteiger charge is -2.17. The zero-order valence-electron chi connectivity index (χ0n) is 9.67. The Morgan fingerprint density at radius 1 is 1.42 bits per heavy atom. The standard InChI is InChI=1S/C10H9BrClNO5S/c1-2-19(17,18)10(11,12)9(14)7-3-5-8(6-4-7)13(15)16/h3-6H,2H2,1H3/t10-/m1/s1. The van der Waals surface area contributed by atoms with Gasteiger partial charge in [0.05, 0.1) is 10.7 Å². The summed E-state index contributed by atoms with van der Waals surface area (Å²) in [6, 6.07) is 4.52. The smallest absolute Gasteiger partial charge is 0.269 e. The molecule has 19 heavy (non-hydrogen) atoms. The number of nitro groups is 1. The first-order valence-corrected chi connectivity index (χ1v) is 7.85. The van der Waals surface area contributed by atoms with Crippen molar-refractivity contribution in [3.63, 3.8) is 0 Å². The fourth-order valence-corrected chi connectivity index (χ4v) is 3.34. The van der Waals surface area contributed by atoms with Crippen molar-refractivity contribution in [3.05, 3.63) is 39.9 Å². The van der Waals surface area contributed by atoms with Gasteiger partial charge in [0.2, 0.25) is 5.78 Å². The van der Waals surface area contributed by atoms with E-state index in [0.717, 1.165) is 24.3 Å². The number of hydrogen-bond donors (Lipinski definition) is 0. The third-order valence-corrected chi connectivity index (χ3v) is 6.82. The number of ketones is 1. The summed E-state index contributed by atoms with van der Waals surface area (Å²) < 4.78 is 21.1. The number of carbonyl (C=O) groups is 1. The fourth-order valence-electron chi connectivity index (χ4n) is 1.23. The van der Waals surface area contributed by atoms with Crippen LogP contribution in [0.3, 0.4) is 0 Å². The molecule has 0 fully saturated rings. The summed E-state index contributed by atoms with van der Waals surface area (Å²) in [5.74, 6) is -1.20. The van der Waals surface area contributed by atoms with Crippen LogP contribution in [0.25, 0.3) is 0 Å². The van der Waals surface area contributed by atoms with E-state index in [-0.39, 0.29) is 17.0 Å². The summed E-state index contributed by atoms with van der Waals surface area (Å²) in [5.41, 5.74) is -0.237. The van der Waals surface area contributed by atoms with Gasteiger partial charge in [-0.05, 0) is 28.1 Å². The first-order valence-electron chi connectivity index (χ1n) is 5.03. The molecule has 0 N–H and O–H groups in total. The Labute approximate surface area is 123 Å². The summed E-state index contributed by atoms with van der Waals surface area (Å²) in [7, 11) is -3.87. The fraction of sp³-hybridized carbons (Fsp3) is 0.300. The molecule has 0 aliphatic heterocycles. The maximum Gasteiger partial charge on any atom is 0.269 e. The van der Waals surface area contributed by atoms with Crippen molar-refractivity contribution < 1.29 is 18.1 Å². The van der Waals surface area contributed by atoms with Crippen LogP contribution in [0.1, 0.15) is 17.3 Å². The van der Waals surface area contributed by atoms with Gasteiger partial charge in [0.1, 0.15) is 0 Å².